The van der Waals surface area contributed by atoms with Crippen molar-refractivity contribution >= 4 is 16.7 Å². The molecule has 5 nitrogen and oxygen atoms in total. The normalized spacial score (nSPS) is 12.0. The lowest BCUT2D eigenvalue weighted by Gasteiger charge is -2.20. The minimum atomic E-state index is -0.101. The number of para-hydroxylation sites is 1. The number of nitrogens with two attached hydrogens (primary N) is 1. The van der Waals surface area contributed by atoms with Crippen LogP contribution in [0, 0.1) is 0 Å². The van der Waals surface area contributed by atoms with Crippen LogP contribution in [0.4, 0.5) is 5.82 Å². The average Bonchev–Trinajstić information content (AvgIpc) is 2.80. The van der Waals surface area contributed by atoms with Crippen LogP contribution >= 0.6 is 0 Å². The molecule has 0 aliphatic heterocycles. The molecular formula is C16H19N5. The molecule has 0 radical (unpaired) electrons. The van der Waals surface area contributed by atoms with Crippen molar-refractivity contribution in [1.29, 1.82) is 0 Å². The van der Waals surface area contributed by atoms with Crippen molar-refractivity contribution < 1.29 is 0 Å². The minimum Gasteiger partial charge on any atom is -0.381 e. The lowest BCUT2D eigenvalue weighted by Crippen LogP contribution is -2.20. The van der Waals surface area contributed by atoms with Gasteiger partial charge < -0.3 is 5.73 Å². The fraction of sp³-hybridized carbons (Fsp3) is 0.312. The van der Waals surface area contributed by atoms with Crippen LogP contribution in [0.5, 0.6) is 0 Å². The average molecular weight is 281 g/mol. The third kappa shape index (κ3) is 2.46. The van der Waals surface area contributed by atoms with Gasteiger partial charge in [-0.25, -0.2) is 4.68 Å². The van der Waals surface area contributed by atoms with E-state index in [1.807, 2.05) is 35.1 Å². The minimum absolute atomic E-state index is 0.101. The Bertz CT molecular complexity index is 777. The van der Waals surface area contributed by atoms with E-state index < -0.39 is 0 Å². The Labute approximate surface area is 123 Å². The van der Waals surface area contributed by atoms with E-state index in [0.29, 0.717) is 12.4 Å². The molecule has 0 aliphatic rings. The number of rotatable bonds is 2. The zero-order chi connectivity index (χ0) is 15.0. The molecule has 0 unspecified atom stereocenters. The Morgan fingerprint density at radius 3 is 2.67 bits per heavy atom. The predicted octanol–water partition coefficient (Wildman–Crippen LogP) is 2.75. The molecule has 0 atom stereocenters. The molecule has 2 aromatic heterocycles. The van der Waals surface area contributed by atoms with E-state index in [9.17, 15) is 0 Å². The van der Waals surface area contributed by atoms with E-state index >= 15 is 0 Å². The number of hydrogen-bond acceptors (Lipinski definition) is 4. The summed E-state index contributed by atoms with van der Waals surface area (Å²) in [6.07, 6.45) is 1.83. The highest BCUT2D eigenvalue weighted by molar-refractivity contribution is 5.81. The van der Waals surface area contributed by atoms with Gasteiger partial charge in [-0.3, -0.25) is 4.98 Å². The maximum Gasteiger partial charge on any atom is 0.169 e. The highest BCUT2D eigenvalue weighted by atomic mass is 15.4. The third-order valence-electron chi connectivity index (χ3n) is 3.53. The molecular weight excluding hydrogens is 262 g/mol. The number of pyridine rings is 1. The first-order chi connectivity index (χ1) is 9.97. The van der Waals surface area contributed by atoms with Crippen molar-refractivity contribution in [2.45, 2.75) is 32.7 Å². The van der Waals surface area contributed by atoms with Crippen LogP contribution < -0.4 is 5.73 Å². The number of nitrogen functional groups attached to an aromatic ring is 1. The Morgan fingerprint density at radius 2 is 1.90 bits per heavy atom. The molecule has 108 valence electrons. The van der Waals surface area contributed by atoms with Crippen LogP contribution in [0.2, 0.25) is 0 Å². The molecule has 2 N–H and O–H groups in total. The van der Waals surface area contributed by atoms with E-state index in [1.165, 1.54) is 0 Å². The van der Waals surface area contributed by atoms with Crippen molar-refractivity contribution in [3.05, 3.63) is 47.8 Å². The molecule has 0 amide bonds. The van der Waals surface area contributed by atoms with Gasteiger partial charge in [0, 0.05) is 17.0 Å². The molecule has 0 spiro atoms. The van der Waals surface area contributed by atoms with Gasteiger partial charge in [-0.1, -0.05) is 44.2 Å². The van der Waals surface area contributed by atoms with Gasteiger partial charge in [0.15, 0.2) is 5.82 Å². The monoisotopic (exact) mass is 281 g/mol. The number of hydrogen-bond donors (Lipinski definition) is 1. The molecule has 1 aromatic carbocycles. The summed E-state index contributed by atoms with van der Waals surface area (Å²) < 4.78 is 1.89. The molecule has 0 aliphatic carbocycles. The number of anilines is 1. The quantitative estimate of drug-likeness (QED) is 0.784. The summed E-state index contributed by atoms with van der Waals surface area (Å²) in [5.74, 6) is 0.501. The highest BCUT2D eigenvalue weighted by Crippen LogP contribution is 2.27. The molecule has 0 saturated carbocycles. The first kappa shape index (κ1) is 13.5. The lowest BCUT2D eigenvalue weighted by atomic mass is 9.91. The van der Waals surface area contributed by atoms with Crippen molar-refractivity contribution in [3.8, 4) is 0 Å². The maximum atomic E-state index is 5.99. The SMILES string of the molecule is CC(C)(C)c1c(N)nnn1Cc1ccnc2ccccc12. The fourth-order valence-electron chi connectivity index (χ4n) is 2.66. The molecule has 21 heavy (non-hydrogen) atoms. The maximum absolute atomic E-state index is 5.99. The summed E-state index contributed by atoms with van der Waals surface area (Å²) in [6, 6.07) is 10.1. The van der Waals surface area contributed by atoms with Crippen molar-refractivity contribution in [3.63, 3.8) is 0 Å². The van der Waals surface area contributed by atoms with Gasteiger partial charge in [-0.05, 0) is 17.7 Å². The summed E-state index contributed by atoms with van der Waals surface area (Å²) in [5.41, 5.74) is 9.00. The van der Waals surface area contributed by atoms with Gasteiger partial charge in [0.2, 0.25) is 0 Å². The van der Waals surface area contributed by atoms with Gasteiger partial charge in [-0.15, -0.1) is 5.10 Å². The molecule has 0 bridgehead atoms. The predicted molar refractivity (Wildman–Crippen MR) is 84.0 cm³/mol. The van der Waals surface area contributed by atoms with E-state index in [2.05, 4.69) is 42.1 Å². The zero-order valence-corrected chi connectivity index (χ0v) is 12.5. The number of fused-ring (bicyclic) bond motifs is 1. The summed E-state index contributed by atoms with van der Waals surface area (Å²) >= 11 is 0. The summed E-state index contributed by atoms with van der Waals surface area (Å²) in [7, 11) is 0. The first-order valence-corrected chi connectivity index (χ1v) is 6.99. The summed E-state index contributed by atoms with van der Waals surface area (Å²) in [5, 5.41) is 9.37. The van der Waals surface area contributed by atoms with E-state index in [1.54, 1.807) is 0 Å². The van der Waals surface area contributed by atoms with E-state index in [4.69, 9.17) is 5.73 Å². The molecule has 5 heteroatoms. The van der Waals surface area contributed by atoms with Crippen LogP contribution in [-0.4, -0.2) is 20.0 Å². The van der Waals surface area contributed by atoms with Crippen LogP contribution in [0.15, 0.2) is 36.5 Å². The Balaban J connectivity index is 2.08. The molecule has 2 heterocycles. The van der Waals surface area contributed by atoms with Crippen molar-refractivity contribution in [1.82, 2.24) is 20.0 Å². The van der Waals surface area contributed by atoms with E-state index in [0.717, 1.165) is 22.2 Å². The second-order valence-corrected chi connectivity index (χ2v) is 6.22. The van der Waals surface area contributed by atoms with Crippen LogP contribution in [-0.2, 0) is 12.0 Å². The summed E-state index contributed by atoms with van der Waals surface area (Å²) in [6.45, 7) is 6.98. The molecule has 3 rings (SSSR count). The largest absolute Gasteiger partial charge is 0.381 e. The van der Waals surface area contributed by atoms with Crippen LogP contribution in [0.25, 0.3) is 10.9 Å². The second kappa shape index (κ2) is 4.84. The van der Waals surface area contributed by atoms with Crippen LogP contribution in [0.3, 0.4) is 0 Å². The van der Waals surface area contributed by atoms with Gasteiger partial charge in [-0.2, -0.15) is 0 Å². The Hall–Kier alpha value is -2.43. The second-order valence-electron chi connectivity index (χ2n) is 6.22. The molecule has 0 saturated heterocycles. The molecule has 0 fully saturated rings. The van der Waals surface area contributed by atoms with Gasteiger partial charge in [0.1, 0.15) is 0 Å². The van der Waals surface area contributed by atoms with Crippen LogP contribution in [0.1, 0.15) is 32.0 Å². The van der Waals surface area contributed by atoms with Crippen molar-refractivity contribution in [2.24, 2.45) is 0 Å². The smallest absolute Gasteiger partial charge is 0.169 e. The van der Waals surface area contributed by atoms with Gasteiger partial charge >= 0.3 is 0 Å². The number of aromatic nitrogens is 4. The Kier molecular flexibility index (Phi) is 3.12. The fourth-order valence-corrected chi connectivity index (χ4v) is 2.66. The Morgan fingerprint density at radius 1 is 1.14 bits per heavy atom. The number of nitrogens with zero attached hydrogens (tertiary/aromatic N) is 4. The lowest BCUT2D eigenvalue weighted by molar-refractivity contribution is 0.503. The van der Waals surface area contributed by atoms with Gasteiger partial charge in [0.05, 0.1) is 17.8 Å². The standard InChI is InChI=1S/C16H19N5/c1-16(2,3)14-15(17)19-20-21(14)10-11-8-9-18-13-7-5-4-6-12(11)13/h4-9H,10,17H2,1-3H3. The van der Waals surface area contributed by atoms with Crippen molar-refractivity contribution in [2.75, 3.05) is 5.73 Å². The third-order valence-corrected chi connectivity index (χ3v) is 3.53. The van der Waals surface area contributed by atoms with Gasteiger partial charge in [0.25, 0.3) is 0 Å². The summed E-state index contributed by atoms with van der Waals surface area (Å²) in [4.78, 5) is 4.39. The number of benzene rings is 1. The zero-order valence-electron chi connectivity index (χ0n) is 12.5. The molecule has 3 aromatic rings. The first-order valence-electron chi connectivity index (χ1n) is 6.99. The van der Waals surface area contributed by atoms with E-state index in [-0.39, 0.29) is 5.41 Å². The topological polar surface area (TPSA) is 69.6 Å². The highest BCUT2D eigenvalue weighted by Gasteiger charge is 2.24.